The van der Waals surface area contributed by atoms with E-state index in [4.69, 9.17) is 10.5 Å². The number of ether oxygens (including phenoxy) is 1. The lowest BCUT2D eigenvalue weighted by Crippen LogP contribution is -2.50. The number of nitriles is 1. The first-order valence-corrected chi connectivity index (χ1v) is 15.2. The fraction of sp³-hybridized carbons (Fsp3) is 0.433. The average Bonchev–Trinajstić information content (AvgIpc) is 3.61. The molecule has 3 unspecified atom stereocenters. The Morgan fingerprint density at radius 3 is 2.71 bits per heavy atom. The Morgan fingerprint density at radius 2 is 2.02 bits per heavy atom. The minimum Gasteiger partial charge on any atom is -0.461 e. The minimum absolute atomic E-state index is 0.00476. The van der Waals surface area contributed by atoms with Crippen LogP contribution in [0.25, 0.3) is 32.1 Å². The first-order chi connectivity index (χ1) is 21.5. The fourth-order valence-electron chi connectivity index (χ4n) is 7.03. The van der Waals surface area contributed by atoms with E-state index in [-0.39, 0.29) is 69.6 Å². The average molecular weight is 649 g/mol. The number of aliphatic hydroxyl groups is 1. The molecule has 2 aromatic heterocycles. The number of rotatable bonds is 6. The highest BCUT2D eigenvalue weighted by Gasteiger charge is 2.49. The topological polar surface area (TPSA) is 112 Å². The van der Waals surface area contributed by atoms with Gasteiger partial charge in [-0.3, -0.25) is 4.90 Å². The van der Waals surface area contributed by atoms with Crippen molar-refractivity contribution in [3.63, 3.8) is 0 Å². The maximum absolute atomic E-state index is 16.8. The number of alkyl halides is 4. The van der Waals surface area contributed by atoms with Crippen LogP contribution in [0.4, 0.5) is 37.2 Å². The zero-order valence-electron chi connectivity index (χ0n) is 23.6. The molecule has 3 aliphatic heterocycles. The molecule has 2 aromatic carbocycles. The predicted octanol–water partition coefficient (Wildman–Crippen LogP) is 5.79. The summed E-state index contributed by atoms with van der Waals surface area (Å²) in [7, 11) is 0. The smallest absolute Gasteiger partial charge is 0.417 e. The molecule has 0 spiro atoms. The van der Waals surface area contributed by atoms with Crippen LogP contribution in [0.15, 0.2) is 18.2 Å². The van der Waals surface area contributed by atoms with E-state index in [1.165, 1.54) is 0 Å². The molecule has 4 aromatic rings. The van der Waals surface area contributed by atoms with Gasteiger partial charge in [0.15, 0.2) is 5.82 Å². The number of hydrogen-bond donors (Lipinski definition) is 2. The van der Waals surface area contributed by atoms with Crippen LogP contribution in [0, 0.1) is 23.0 Å². The van der Waals surface area contributed by atoms with E-state index in [2.05, 4.69) is 9.97 Å². The molecule has 0 aliphatic carbocycles. The highest BCUT2D eigenvalue weighted by molar-refractivity contribution is 7.23. The zero-order valence-corrected chi connectivity index (χ0v) is 24.4. The normalized spacial score (nSPS) is 23.5. The van der Waals surface area contributed by atoms with Gasteiger partial charge in [0, 0.05) is 35.8 Å². The Hall–Kier alpha value is -3.87. The van der Waals surface area contributed by atoms with Gasteiger partial charge in [0.2, 0.25) is 0 Å². The van der Waals surface area contributed by atoms with Gasteiger partial charge in [0.05, 0.1) is 34.0 Å². The summed E-state index contributed by atoms with van der Waals surface area (Å²) >= 11 is 0.679. The highest BCUT2D eigenvalue weighted by Crippen LogP contribution is 2.48. The Labute approximate surface area is 256 Å². The Balaban J connectivity index is 1.46. The maximum atomic E-state index is 16.8. The number of halogens is 6. The minimum atomic E-state index is -5.09. The first-order valence-electron chi connectivity index (χ1n) is 14.4. The lowest BCUT2D eigenvalue weighted by molar-refractivity contribution is -0.137. The third-order valence-electron chi connectivity index (χ3n) is 9.25. The molecule has 0 saturated carbocycles. The van der Waals surface area contributed by atoms with Gasteiger partial charge >= 0.3 is 12.2 Å². The summed E-state index contributed by atoms with van der Waals surface area (Å²) in [5.41, 5.74) is 1.87. The van der Waals surface area contributed by atoms with Gasteiger partial charge in [0.1, 0.15) is 41.0 Å². The molecule has 3 aliphatic rings. The Bertz CT molecular complexity index is 1890. The molecular formula is C30H26F6N6O2S. The quantitative estimate of drug-likeness (QED) is 0.253. The molecule has 15 heteroatoms. The van der Waals surface area contributed by atoms with Crippen LogP contribution >= 0.6 is 11.3 Å². The van der Waals surface area contributed by atoms with E-state index in [9.17, 15) is 32.3 Å². The van der Waals surface area contributed by atoms with E-state index in [0.717, 1.165) is 24.6 Å². The number of benzene rings is 2. The van der Waals surface area contributed by atoms with Crippen molar-refractivity contribution >= 4 is 43.1 Å². The van der Waals surface area contributed by atoms with Gasteiger partial charge in [-0.2, -0.15) is 28.4 Å². The molecule has 45 heavy (non-hydrogen) atoms. The number of aliphatic hydroxyl groups excluding tert-OH is 1. The molecule has 0 bridgehead atoms. The number of nitrogens with zero attached hydrogens (tertiary/aromatic N) is 5. The summed E-state index contributed by atoms with van der Waals surface area (Å²) in [6.45, 7) is 0.980. The number of fused-ring (bicyclic) bond motifs is 3. The fourth-order valence-corrected chi connectivity index (χ4v) is 7.98. The second-order valence-electron chi connectivity index (χ2n) is 11.8. The van der Waals surface area contributed by atoms with Crippen LogP contribution in [-0.4, -0.2) is 70.6 Å². The van der Waals surface area contributed by atoms with Crippen LogP contribution in [-0.2, 0) is 6.18 Å². The number of nitrogens with two attached hydrogens (primary N) is 1. The second-order valence-corrected chi connectivity index (χ2v) is 12.8. The molecule has 7 rings (SSSR count). The molecule has 3 atom stereocenters. The third-order valence-corrected chi connectivity index (χ3v) is 10.3. The largest absolute Gasteiger partial charge is 0.461 e. The molecule has 8 nitrogen and oxygen atoms in total. The van der Waals surface area contributed by atoms with Crippen molar-refractivity contribution in [2.75, 3.05) is 43.5 Å². The molecule has 3 saturated heterocycles. The van der Waals surface area contributed by atoms with Gasteiger partial charge in [-0.25, -0.2) is 13.2 Å². The van der Waals surface area contributed by atoms with Gasteiger partial charge in [-0.05, 0) is 43.5 Å². The Morgan fingerprint density at radius 1 is 1.22 bits per heavy atom. The van der Waals surface area contributed by atoms with Gasteiger partial charge in [-0.1, -0.05) is 6.07 Å². The van der Waals surface area contributed by atoms with Crippen molar-refractivity contribution < 1.29 is 36.2 Å². The van der Waals surface area contributed by atoms with Crippen LogP contribution in [0.1, 0.15) is 36.8 Å². The maximum Gasteiger partial charge on any atom is 0.417 e. The standard InChI is InChI=1S/C30H26F6N6O2S/c31-14-9-29(5-1-6-41(29)11-14)13-44-28-39-24-17(27(40-28)42-7-4-15(42)12-43)8-19(30(34,35)36)22(23(24)33)16-2-3-20(32)25-21(16)18(10-37)26(38)45-25/h2-3,8,14-15,43H,1,4-7,9,11-13,38H2. The summed E-state index contributed by atoms with van der Waals surface area (Å²) in [4.78, 5) is 12.2. The SMILES string of the molecule is N#Cc1c(N)sc2c(F)ccc(-c3c(C(F)(F)F)cc4c(N5CCC5CO)nc(OCC56CCCN5CC(F)C6)nc4c3F)c12. The summed E-state index contributed by atoms with van der Waals surface area (Å²) < 4.78 is 95.9. The van der Waals surface area contributed by atoms with Crippen molar-refractivity contribution in [1.29, 1.82) is 5.26 Å². The molecule has 0 amide bonds. The predicted molar refractivity (Wildman–Crippen MR) is 156 cm³/mol. The summed E-state index contributed by atoms with van der Waals surface area (Å²) in [5, 5.41) is 19.0. The van der Waals surface area contributed by atoms with Gasteiger partial charge in [0.25, 0.3) is 0 Å². The number of nitrogen functional groups attached to an aromatic ring is 1. The van der Waals surface area contributed by atoms with E-state index >= 15 is 4.39 Å². The van der Waals surface area contributed by atoms with Crippen LogP contribution < -0.4 is 15.4 Å². The van der Waals surface area contributed by atoms with E-state index < -0.39 is 52.2 Å². The van der Waals surface area contributed by atoms with Crippen molar-refractivity contribution in [2.24, 2.45) is 0 Å². The van der Waals surface area contributed by atoms with Gasteiger partial charge < -0.3 is 20.5 Å². The summed E-state index contributed by atoms with van der Waals surface area (Å²) in [5.74, 6) is -2.24. The van der Waals surface area contributed by atoms with Crippen molar-refractivity contribution in [3.05, 3.63) is 41.0 Å². The number of thiophene rings is 1. The molecular weight excluding hydrogens is 622 g/mol. The number of aromatic nitrogens is 2. The molecule has 5 heterocycles. The molecule has 3 fully saturated rings. The van der Waals surface area contributed by atoms with E-state index in [1.54, 1.807) is 11.0 Å². The molecule has 3 N–H and O–H groups in total. The monoisotopic (exact) mass is 648 g/mol. The zero-order chi connectivity index (χ0) is 31.8. The Kier molecular flexibility index (Phi) is 7.03. The number of hydrogen-bond acceptors (Lipinski definition) is 9. The van der Waals surface area contributed by atoms with E-state index in [1.807, 2.05) is 4.90 Å². The summed E-state index contributed by atoms with van der Waals surface area (Å²) in [6, 6.07) is 3.65. The number of anilines is 2. The van der Waals surface area contributed by atoms with Crippen LogP contribution in [0.5, 0.6) is 6.01 Å². The third kappa shape index (κ3) is 4.64. The molecule has 236 valence electrons. The van der Waals surface area contributed by atoms with Crippen molar-refractivity contribution in [1.82, 2.24) is 14.9 Å². The van der Waals surface area contributed by atoms with Gasteiger partial charge in [-0.15, -0.1) is 11.3 Å². The van der Waals surface area contributed by atoms with E-state index in [0.29, 0.717) is 37.3 Å². The second kappa shape index (κ2) is 10.6. The van der Waals surface area contributed by atoms with Crippen LogP contribution in [0.2, 0.25) is 0 Å². The van der Waals surface area contributed by atoms with Crippen molar-refractivity contribution in [3.8, 4) is 23.2 Å². The summed E-state index contributed by atoms with van der Waals surface area (Å²) in [6.07, 6.45) is -3.84. The van der Waals surface area contributed by atoms with Crippen LogP contribution in [0.3, 0.4) is 0 Å². The van der Waals surface area contributed by atoms with Crippen molar-refractivity contribution in [2.45, 2.75) is 49.6 Å². The highest BCUT2D eigenvalue weighted by atomic mass is 32.1. The lowest BCUT2D eigenvalue weighted by Gasteiger charge is -2.41. The first kappa shape index (κ1) is 29.8. The lowest BCUT2D eigenvalue weighted by atomic mass is 9.92. The molecule has 0 radical (unpaired) electrons.